The summed E-state index contributed by atoms with van der Waals surface area (Å²) in [5.74, 6) is 1.81. The van der Waals surface area contributed by atoms with E-state index in [4.69, 9.17) is 4.74 Å². The highest BCUT2D eigenvalue weighted by molar-refractivity contribution is 5.85. The van der Waals surface area contributed by atoms with Crippen molar-refractivity contribution >= 4 is 12.4 Å². The fourth-order valence-electron chi connectivity index (χ4n) is 3.51. The zero-order valence-electron chi connectivity index (χ0n) is 11.2. The highest BCUT2D eigenvalue weighted by atomic mass is 35.5. The molecule has 2 atom stereocenters. The SMILES string of the molecule is CN(C)CC1CCC[C@@]12Cc1ccccc1O2.Cl. The van der Waals surface area contributed by atoms with Crippen LogP contribution in [0.4, 0.5) is 0 Å². The molecule has 3 heteroatoms. The normalized spacial score (nSPS) is 29.2. The first-order chi connectivity index (χ1) is 8.20. The first kappa shape index (κ1) is 13.7. The number of rotatable bonds is 2. The number of hydrogen-bond donors (Lipinski definition) is 0. The second-order valence-corrected chi connectivity index (χ2v) is 5.80. The van der Waals surface area contributed by atoms with Gasteiger partial charge in [0.2, 0.25) is 0 Å². The van der Waals surface area contributed by atoms with E-state index < -0.39 is 0 Å². The van der Waals surface area contributed by atoms with Crippen LogP contribution in [0.2, 0.25) is 0 Å². The molecule has 0 saturated heterocycles. The van der Waals surface area contributed by atoms with Crippen molar-refractivity contribution in [2.24, 2.45) is 5.92 Å². The minimum Gasteiger partial charge on any atom is -0.486 e. The predicted molar refractivity (Wildman–Crippen MR) is 76.6 cm³/mol. The van der Waals surface area contributed by atoms with Crippen LogP contribution in [0.3, 0.4) is 0 Å². The lowest BCUT2D eigenvalue weighted by Crippen LogP contribution is -2.42. The van der Waals surface area contributed by atoms with Crippen LogP contribution >= 0.6 is 12.4 Å². The maximum absolute atomic E-state index is 6.34. The molecule has 1 aromatic carbocycles. The second kappa shape index (κ2) is 5.10. The van der Waals surface area contributed by atoms with Gasteiger partial charge in [-0.25, -0.2) is 0 Å². The van der Waals surface area contributed by atoms with E-state index in [9.17, 15) is 0 Å². The van der Waals surface area contributed by atoms with Crippen molar-refractivity contribution in [3.8, 4) is 5.75 Å². The van der Waals surface area contributed by atoms with Gasteiger partial charge in [0.25, 0.3) is 0 Å². The third-order valence-electron chi connectivity index (χ3n) is 4.26. The van der Waals surface area contributed by atoms with Crippen molar-refractivity contribution < 1.29 is 4.74 Å². The van der Waals surface area contributed by atoms with Crippen LogP contribution in [0.15, 0.2) is 24.3 Å². The first-order valence-electron chi connectivity index (χ1n) is 6.61. The van der Waals surface area contributed by atoms with Crippen LogP contribution in [0.25, 0.3) is 0 Å². The zero-order valence-corrected chi connectivity index (χ0v) is 12.0. The topological polar surface area (TPSA) is 12.5 Å². The van der Waals surface area contributed by atoms with E-state index in [1.807, 2.05) is 0 Å². The minimum absolute atomic E-state index is 0. The fourth-order valence-corrected chi connectivity index (χ4v) is 3.51. The maximum Gasteiger partial charge on any atom is 0.123 e. The van der Waals surface area contributed by atoms with Crippen LogP contribution in [-0.2, 0) is 6.42 Å². The Kier molecular flexibility index (Phi) is 3.88. The van der Waals surface area contributed by atoms with Gasteiger partial charge in [-0.05, 0) is 45.0 Å². The van der Waals surface area contributed by atoms with E-state index in [0.29, 0.717) is 5.92 Å². The molecule has 0 aromatic heterocycles. The molecule has 1 heterocycles. The third kappa shape index (κ3) is 2.24. The molecular weight excluding hydrogens is 246 g/mol. The average molecular weight is 268 g/mol. The van der Waals surface area contributed by atoms with Gasteiger partial charge in [-0.15, -0.1) is 12.4 Å². The van der Waals surface area contributed by atoms with E-state index in [1.54, 1.807) is 0 Å². The van der Waals surface area contributed by atoms with E-state index in [1.165, 1.54) is 24.8 Å². The van der Waals surface area contributed by atoms with E-state index in [2.05, 4.69) is 43.3 Å². The zero-order chi connectivity index (χ0) is 11.9. The predicted octanol–water partition coefficient (Wildman–Crippen LogP) is 3.14. The van der Waals surface area contributed by atoms with Gasteiger partial charge < -0.3 is 9.64 Å². The number of benzene rings is 1. The van der Waals surface area contributed by atoms with Gasteiger partial charge in [-0.1, -0.05) is 18.2 Å². The van der Waals surface area contributed by atoms with Crippen LogP contribution in [0, 0.1) is 5.92 Å². The molecule has 2 nitrogen and oxygen atoms in total. The number of para-hydroxylation sites is 1. The summed E-state index contributed by atoms with van der Waals surface area (Å²) < 4.78 is 6.34. The number of nitrogens with zero attached hydrogens (tertiary/aromatic N) is 1. The number of fused-ring (bicyclic) bond motifs is 1. The van der Waals surface area contributed by atoms with Crippen molar-refractivity contribution in [2.75, 3.05) is 20.6 Å². The summed E-state index contributed by atoms with van der Waals surface area (Å²) in [4.78, 5) is 2.30. The number of ether oxygens (including phenoxy) is 1. The smallest absolute Gasteiger partial charge is 0.123 e. The Balaban J connectivity index is 0.00000120. The monoisotopic (exact) mass is 267 g/mol. The van der Waals surface area contributed by atoms with E-state index in [0.717, 1.165) is 18.7 Å². The number of halogens is 1. The van der Waals surface area contributed by atoms with E-state index >= 15 is 0 Å². The van der Waals surface area contributed by atoms with E-state index in [-0.39, 0.29) is 18.0 Å². The lowest BCUT2D eigenvalue weighted by Gasteiger charge is -2.32. The quantitative estimate of drug-likeness (QED) is 0.816. The van der Waals surface area contributed by atoms with Gasteiger partial charge in [0.15, 0.2) is 0 Å². The van der Waals surface area contributed by atoms with Gasteiger partial charge in [0.1, 0.15) is 11.4 Å². The highest BCUT2D eigenvalue weighted by Gasteiger charge is 2.48. The van der Waals surface area contributed by atoms with Crippen molar-refractivity contribution in [1.82, 2.24) is 4.90 Å². The molecule has 100 valence electrons. The Hall–Kier alpha value is -0.730. The van der Waals surface area contributed by atoms with Crippen molar-refractivity contribution in [2.45, 2.75) is 31.3 Å². The van der Waals surface area contributed by atoms with Crippen LogP contribution < -0.4 is 4.74 Å². The molecule has 1 aromatic rings. The highest BCUT2D eigenvalue weighted by Crippen LogP contribution is 2.47. The molecule has 0 radical (unpaired) electrons. The summed E-state index contributed by atoms with van der Waals surface area (Å²) in [5, 5.41) is 0. The summed E-state index contributed by atoms with van der Waals surface area (Å²) in [6.07, 6.45) is 4.96. The molecule has 1 spiro atoms. The Morgan fingerprint density at radius 1 is 1.33 bits per heavy atom. The van der Waals surface area contributed by atoms with Gasteiger partial charge >= 0.3 is 0 Å². The Morgan fingerprint density at radius 3 is 2.83 bits per heavy atom. The summed E-state index contributed by atoms with van der Waals surface area (Å²) >= 11 is 0. The summed E-state index contributed by atoms with van der Waals surface area (Å²) in [6, 6.07) is 8.54. The molecule has 1 aliphatic carbocycles. The molecule has 0 amide bonds. The minimum atomic E-state index is 0. The molecule has 18 heavy (non-hydrogen) atoms. The average Bonchev–Trinajstić information content (AvgIpc) is 2.83. The summed E-state index contributed by atoms with van der Waals surface area (Å²) in [6.45, 7) is 1.15. The maximum atomic E-state index is 6.34. The number of hydrogen-bond acceptors (Lipinski definition) is 2. The molecule has 3 rings (SSSR count). The van der Waals surface area contributed by atoms with Gasteiger partial charge in [-0.2, -0.15) is 0 Å². The van der Waals surface area contributed by atoms with Crippen molar-refractivity contribution in [1.29, 1.82) is 0 Å². The lowest BCUT2D eigenvalue weighted by molar-refractivity contribution is 0.0408. The second-order valence-electron chi connectivity index (χ2n) is 5.80. The summed E-state index contributed by atoms with van der Waals surface area (Å²) in [5.41, 5.74) is 1.51. The molecule has 0 bridgehead atoms. The van der Waals surface area contributed by atoms with Crippen molar-refractivity contribution in [3.05, 3.63) is 29.8 Å². The third-order valence-corrected chi connectivity index (χ3v) is 4.26. The molecular formula is C15H22ClNO. The van der Waals surface area contributed by atoms with Crippen LogP contribution in [0.1, 0.15) is 24.8 Å². The van der Waals surface area contributed by atoms with Gasteiger partial charge in [-0.3, -0.25) is 0 Å². The summed E-state index contributed by atoms with van der Waals surface area (Å²) in [7, 11) is 4.32. The molecule has 1 saturated carbocycles. The van der Waals surface area contributed by atoms with Gasteiger partial charge in [0.05, 0.1) is 0 Å². The molecule has 0 N–H and O–H groups in total. The molecule has 1 fully saturated rings. The Morgan fingerprint density at radius 2 is 2.11 bits per heavy atom. The molecule has 1 unspecified atom stereocenters. The fraction of sp³-hybridized carbons (Fsp3) is 0.600. The Bertz CT molecular complexity index is 394. The van der Waals surface area contributed by atoms with Gasteiger partial charge in [0, 0.05) is 18.9 Å². The van der Waals surface area contributed by atoms with Crippen LogP contribution in [0.5, 0.6) is 5.75 Å². The molecule has 1 aliphatic heterocycles. The first-order valence-corrected chi connectivity index (χ1v) is 6.61. The lowest BCUT2D eigenvalue weighted by atomic mass is 9.86. The van der Waals surface area contributed by atoms with Crippen LogP contribution in [-0.4, -0.2) is 31.1 Å². The largest absolute Gasteiger partial charge is 0.486 e. The standard InChI is InChI=1S/C15H21NO.ClH/c1-16(2)11-13-7-5-9-15(13)10-12-6-3-4-8-14(12)17-15;/h3-4,6,8,13H,5,7,9-11H2,1-2H3;1H/t13?,15-;/m1./s1. The molecule has 2 aliphatic rings. The van der Waals surface area contributed by atoms with Crippen molar-refractivity contribution in [3.63, 3.8) is 0 Å². The Labute approximate surface area is 116 Å².